The first-order valence-electron chi connectivity index (χ1n) is 8.64. The van der Waals surface area contributed by atoms with Crippen molar-refractivity contribution in [1.29, 1.82) is 0 Å². The van der Waals surface area contributed by atoms with Crippen molar-refractivity contribution in [3.8, 4) is 0 Å². The van der Waals surface area contributed by atoms with Crippen LogP contribution in [0.1, 0.15) is 6.92 Å². The maximum atomic E-state index is 12.4. The van der Waals surface area contributed by atoms with Gasteiger partial charge in [-0.05, 0) is 11.1 Å². The van der Waals surface area contributed by atoms with E-state index < -0.39 is 39.1 Å². The van der Waals surface area contributed by atoms with E-state index in [1.807, 2.05) is 0 Å². The van der Waals surface area contributed by atoms with Crippen LogP contribution in [0.5, 0.6) is 0 Å². The number of aliphatic hydroxyl groups is 1. The van der Waals surface area contributed by atoms with E-state index in [9.17, 15) is 24.2 Å². The van der Waals surface area contributed by atoms with Crippen molar-refractivity contribution in [1.82, 2.24) is 5.32 Å². The monoisotopic (exact) mass is 453 g/mol. The lowest BCUT2D eigenvalue weighted by molar-refractivity contribution is -0.827. The Morgan fingerprint density at radius 3 is 2.23 bits per heavy atom. The summed E-state index contributed by atoms with van der Waals surface area (Å²) in [5.74, 6) is -0.627. The van der Waals surface area contributed by atoms with Crippen molar-refractivity contribution in [3.05, 3.63) is 20.9 Å². The molecule has 0 fully saturated rings. The van der Waals surface area contributed by atoms with Crippen molar-refractivity contribution in [2.75, 3.05) is 59.6 Å². The number of nitrogens with one attached hydrogen (secondary N) is 1. The first-order chi connectivity index (χ1) is 14.1. The van der Waals surface area contributed by atoms with E-state index in [1.165, 1.54) is 0 Å². The molecule has 16 nitrogen and oxygen atoms in total. The summed E-state index contributed by atoms with van der Waals surface area (Å²) in [5.41, 5.74) is 16.7. The minimum atomic E-state index is -4.51. The standard InChI is InChI=1S/C13H25N8O8P/c1-11(22)27-9-12(23)10-29-30(25,26)28-8-5-16-13(24)21(2,6-3-17-19-14)7-4-18-20-15/h12,23H,3-10H2,1-2H3,(H-,16,24,25,26)/p+1/t12-/m1/s1. The van der Waals surface area contributed by atoms with Gasteiger partial charge in [-0.25, -0.2) is 13.8 Å². The molecule has 0 saturated heterocycles. The molecule has 0 aliphatic carbocycles. The number of hydrogen-bond acceptors (Lipinski definition) is 9. The van der Waals surface area contributed by atoms with Gasteiger partial charge in [0.2, 0.25) is 0 Å². The summed E-state index contributed by atoms with van der Waals surface area (Å²) in [4.78, 5) is 37.8. The minimum absolute atomic E-state index is 0.0303. The number of azide groups is 2. The number of amides is 2. The predicted octanol–water partition coefficient (Wildman–Crippen LogP) is 0.821. The molecular weight excluding hydrogens is 427 g/mol. The van der Waals surface area contributed by atoms with Gasteiger partial charge in [0.05, 0.1) is 46.4 Å². The van der Waals surface area contributed by atoms with E-state index in [-0.39, 0.29) is 43.8 Å². The number of hydrogen-bond donors (Lipinski definition) is 3. The van der Waals surface area contributed by atoms with Gasteiger partial charge in [0.15, 0.2) is 0 Å². The van der Waals surface area contributed by atoms with Gasteiger partial charge in [-0.3, -0.25) is 13.8 Å². The molecule has 0 aromatic carbocycles. The molecule has 0 bridgehead atoms. The fourth-order valence-corrected chi connectivity index (χ4v) is 2.68. The van der Waals surface area contributed by atoms with E-state index >= 15 is 0 Å². The maximum Gasteiger partial charge on any atom is 0.472 e. The number of esters is 1. The number of likely N-dealkylation sites (N-methyl/N-ethyl adjacent to an activating group) is 1. The Bertz CT molecular complexity index is 687. The molecule has 0 saturated carbocycles. The van der Waals surface area contributed by atoms with Crippen LogP contribution in [-0.4, -0.2) is 92.2 Å². The van der Waals surface area contributed by atoms with Crippen molar-refractivity contribution >= 4 is 19.8 Å². The van der Waals surface area contributed by atoms with Gasteiger partial charge >= 0.3 is 19.8 Å². The van der Waals surface area contributed by atoms with Crippen LogP contribution in [-0.2, 0) is 23.1 Å². The Hall–Kier alpha value is -2.41. The topological polar surface area (TPSA) is 229 Å². The summed E-state index contributed by atoms with van der Waals surface area (Å²) < 4.78 is 25.2. The highest BCUT2D eigenvalue weighted by Crippen LogP contribution is 2.42. The summed E-state index contributed by atoms with van der Waals surface area (Å²) in [7, 11) is -2.96. The largest absolute Gasteiger partial charge is 0.472 e. The average molecular weight is 453 g/mol. The molecule has 0 aromatic rings. The third-order valence-electron chi connectivity index (χ3n) is 3.55. The SMILES string of the molecule is CC(=O)OC[C@@H](O)COP(=O)(O)OCCNC(=O)[N+](C)(CCN=[N+]=[N-])CCN=[N+]=[N-]. The Morgan fingerprint density at radius 1 is 1.17 bits per heavy atom. The number of nitrogens with zero attached hydrogens (tertiary/aromatic N) is 7. The molecule has 2 amide bonds. The number of quaternary nitrogens is 1. The predicted molar refractivity (Wildman–Crippen MR) is 102 cm³/mol. The molecule has 3 N–H and O–H groups in total. The molecule has 1 unspecified atom stereocenters. The fourth-order valence-electron chi connectivity index (χ4n) is 1.92. The lowest BCUT2D eigenvalue weighted by Gasteiger charge is -2.30. The van der Waals surface area contributed by atoms with Crippen LogP contribution in [0, 0.1) is 0 Å². The first kappa shape index (κ1) is 27.6. The van der Waals surface area contributed by atoms with Crippen LogP contribution < -0.4 is 5.32 Å². The van der Waals surface area contributed by atoms with Crippen LogP contribution >= 0.6 is 7.82 Å². The van der Waals surface area contributed by atoms with Gasteiger partial charge < -0.3 is 20.1 Å². The molecule has 0 rings (SSSR count). The lowest BCUT2D eigenvalue weighted by Crippen LogP contribution is -2.57. The van der Waals surface area contributed by atoms with Crippen molar-refractivity contribution in [3.63, 3.8) is 0 Å². The summed E-state index contributed by atoms with van der Waals surface area (Å²) in [6.07, 6.45) is -1.32. The molecular formula is C13H26N8O8P+. The zero-order chi connectivity index (χ0) is 23.0. The van der Waals surface area contributed by atoms with Gasteiger partial charge in [0, 0.05) is 23.3 Å². The summed E-state index contributed by atoms with van der Waals surface area (Å²) in [6, 6.07) is -0.509. The Balaban J connectivity index is 4.47. The quantitative estimate of drug-likeness (QED) is 0.0609. The smallest absolute Gasteiger partial charge is 0.463 e. The number of carbonyl (C=O) groups is 2. The van der Waals surface area contributed by atoms with Crippen LogP contribution in [0.15, 0.2) is 10.2 Å². The number of phosphoric ester groups is 1. The van der Waals surface area contributed by atoms with E-state index in [0.717, 1.165) is 6.92 Å². The van der Waals surface area contributed by atoms with Crippen LogP contribution in [0.4, 0.5) is 4.79 Å². The molecule has 30 heavy (non-hydrogen) atoms. The number of phosphoric acid groups is 1. The second kappa shape index (κ2) is 14.6. The highest BCUT2D eigenvalue weighted by atomic mass is 31.2. The van der Waals surface area contributed by atoms with Gasteiger partial charge in [-0.1, -0.05) is 10.2 Å². The molecule has 0 spiro atoms. The highest BCUT2D eigenvalue weighted by Gasteiger charge is 2.31. The van der Waals surface area contributed by atoms with Gasteiger partial charge in [0.25, 0.3) is 0 Å². The van der Waals surface area contributed by atoms with Crippen LogP contribution in [0.3, 0.4) is 0 Å². The number of urea groups is 1. The molecule has 0 aliphatic rings. The summed E-state index contributed by atoms with van der Waals surface area (Å²) >= 11 is 0. The number of ether oxygens (including phenoxy) is 1. The molecule has 2 atom stereocenters. The van der Waals surface area contributed by atoms with Crippen molar-refractivity contribution in [2.45, 2.75) is 13.0 Å². The molecule has 0 aromatic heterocycles. The number of carbonyl (C=O) groups excluding carboxylic acids is 2. The van der Waals surface area contributed by atoms with E-state index in [4.69, 9.17) is 11.1 Å². The van der Waals surface area contributed by atoms with Crippen LogP contribution in [0.2, 0.25) is 0 Å². The molecule has 0 aliphatic heterocycles. The average Bonchev–Trinajstić information content (AvgIpc) is 2.68. The van der Waals surface area contributed by atoms with Crippen molar-refractivity contribution < 1.29 is 42.4 Å². The van der Waals surface area contributed by atoms with E-state index in [2.05, 4.69) is 39.2 Å². The zero-order valence-corrected chi connectivity index (χ0v) is 17.6. The lowest BCUT2D eigenvalue weighted by atomic mass is 10.4. The van der Waals surface area contributed by atoms with E-state index in [1.54, 1.807) is 7.05 Å². The van der Waals surface area contributed by atoms with Gasteiger partial charge in [-0.2, -0.15) is 0 Å². The highest BCUT2D eigenvalue weighted by molar-refractivity contribution is 7.47. The Morgan fingerprint density at radius 2 is 1.73 bits per heavy atom. The zero-order valence-electron chi connectivity index (χ0n) is 16.7. The number of rotatable bonds is 15. The third kappa shape index (κ3) is 12.9. The van der Waals surface area contributed by atoms with Gasteiger partial charge in [0.1, 0.15) is 12.7 Å². The van der Waals surface area contributed by atoms with Crippen LogP contribution in [0.25, 0.3) is 20.9 Å². The molecule has 0 radical (unpaired) electrons. The molecule has 0 heterocycles. The number of aliphatic hydroxyl groups excluding tert-OH is 1. The van der Waals surface area contributed by atoms with Gasteiger partial charge in [-0.15, -0.1) is 0 Å². The Kier molecular flexibility index (Phi) is 13.4. The van der Waals surface area contributed by atoms with E-state index in [0.29, 0.717) is 0 Å². The maximum absolute atomic E-state index is 12.4. The molecule has 170 valence electrons. The normalized spacial score (nSPS) is 15.5. The minimum Gasteiger partial charge on any atom is -0.463 e. The Labute approximate surface area is 172 Å². The summed E-state index contributed by atoms with van der Waals surface area (Å²) in [6.45, 7) is -0.0795. The second-order valence-corrected chi connectivity index (χ2v) is 7.49. The third-order valence-corrected chi connectivity index (χ3v) is 4.53. The van der Waals surface area contributed by atoms with Crippen molar-refractivity contribution in [2.24, 2.45) is 10.2 Å². The first-order valence-corrected chi connectivity index (χ1v) is 10.1. The molecule has 17 heteroatoms. The summed E-state index contributed by atoms with van der Waals surface area (Å²) in [5, 5.41) is 18.7. The fraction of sp³-hybridized carbons (Fsp3) is 0.846. The second-order valence-electron chi connectivity index (χ2n) is 6.04.